The van der Waals surface area contributed by atoms with Crippen molar-refractivity contribution >= 4 is 12.4 Å². The lowest BCUT2D eigenvalue weighted by Crippen LogP contribution is -2.18. The van der Waals surface area contributed by atoms with E-state index in [-0.39, 0.29) is 18.4 Å². The van der Waals surface area contributed by atoms with Gasteiger partial charge in [-0.2, -0.15) is 13.2 Å². The molecule has 5 heteroatoms. The molecule has 0 fully saturated rings. The van der Waals surface area contributed by atoms with Gasteiger partial charge in [-0.15, -0.1) is 12.4 Å². The van der Waals surface area contributed by atoms with Crippen LogP contribution in [0.15, 0.2) is 24.3 Å². The molecule has 0 aliphatic carbocycles. The zero-order chi connectivity index (χ0) is 11.5. The molecule has 0 bridgehead atoms. The Hall–Kier alpha value is -0.740. The predicted molar refractivity (Wildman–Crippen MR) is 60.8 cm³/mol. The second-order valence-electron chi connectivity index (χ2n) is 3.40. The highest BCUT2D eigenvalue weighted by molar-refractivity contribution is 5.85. The van der Waals surface area contributed by atoms with Gasteiger partial charge in [-0.25, -0.2) is 0 Å². The van der Waals surface area contributed by atoms with E-state index in [1.807, 2.05) is 13.8 Å². The van der Waals surface area contributed by atoms with E-state index < -0.39 is 11.7 Å². The molecule has 1 N–H and O–H groups in total. The molecule has 1 aromatic rings. The molecule has 0 heterocycles. The van der Waals surface area contributed by atoms with E-state index in [1.165, 1.54) is 12.1 Å². The predicted octanol–water partition coefficient (Wildman–Crippen LogP) is 3.80. The molecule has 0 aliphatic rings. The fraction of sp³-hybridized carbons (Fsp3) is 0.455. The summed E-state index contributed by atoms with van der Waals surface area (Å²) < 4.78 is 37.2. The van der Waals surface area contributed by atoms with Crippen LogP contribution in [0.25, 0.3) is 0 Å². The van der Waals surface area contributed by atoms with Crippen LogP contribution in [0.5, 0.6) is 0 Å². The van der Waals surface area contributed by atoms with Gasteiger partial charge in [0, 0.05) is 6.04 Å². The van der Waals surface area contributed by atoms with E-state index in [9.17, 15) is 13.2 Å². The molecule has 1 aromatic carbocycles. The molecule has 0 amide bonds. The summed E-state index contributed by atoms with van der Waals surface area (Å²) in [7, 11) is 0. The summed E-state index contributed by atoms with van der Waals surface area (Å²) in [4.78, 5) is 0. The molecule has 16 heavy (non-hydrogen) atoms. The van der Waals surface area contributed by atoms with Crippen LogP contribution < -0.4 is 5.32 Å². The van der Waals surface area contributed by atoms with Crippen molar-refractivity contribution in [1.29, 1.82) is 0 Å². The van der Waals surface area contributed by atoms with Crippen LogP contribution >= 0.6 is 12.4 Å². The van der Waals surface area contributed by atoms with E-state index in [0.29, 0.717) is 5.56 Å². The third kappa shape index (κ3) is 4.02. The SMILES string of the molecule is CCNC(C)c1cccc(C(F)(F)F)c1.Cl. The highest BCUT2D eigenvalue weighted by atomic mass is 35.5. The van der Waals surface area contributed by atoms with Crippen molar-refractivity contribution in [2.75, 3.05) is 6.54 Å². The van der Waals surface area contributed by atoms with Crippen molar-refractivity contribution < 1.29 is 13.2 Å². The van der Waals surface area contributed by atoms with Crippen molar-refractivity contribution in [3.63, 3.8) is 0 Å². The highest BCUT2D eigenvalue weighted by Gasteiger charge is 2.30. The van der Waals surface area contributed by atoms with Crippen molar-refractivity contribution in [3.05, 3.63) is 35.4 Å². The third-order valence-corrected chi connectivity index (χ3v) is 2.22. The van der Waals surface area contributed by atoms with Gasteiger partial charge >= 0.3 is 6.18 Å². The Morgan fingerprint density at radius 2 is 1.94 bits per heavy atom. The molecule has 0 aromatic heterocycles. The first-order valence-corrected chi connectivity index (χ1v) is 4.85. The molecule has 0 saturated heterocycles. The Bertz CT molecular complexity index is 325. The lowest BCUT2D eigenvalue weighted by molar-refractivity contribution is -0.137. The molecule has 0 aliphatic heterocycles. The van der Waals surface area contributed by atoms with Gasteiger partial charge in [0.1, 0.15) is 0 Å². The van der Waals surface area contributed by atoms with Gasteiger partial charge in [-0.3, -0.25) is 0 Å². The van der Waals surface area contributed by atoms with E-state index in [4.69, 9.17) is 0 Å². The smallest absolute Gasteiger partial charge is 0.310 e. The van der Waals surface area contributed by atoms with Crippen molar-refractivity contribution in [2.45, 2.75) is 26.1 Å². The van der Waals surface area contributed by atoms with Crippen LogP contribution in [0.2, 0.25) is 0 Å². The topological polar surface area (TPSA) is 12.0 Å². The Labute approximate surface area is 99.5 Å². The Morgan fingerprint density at radius 3 is 2.44 bits per heavy atom. The largest absolute Gasteiger partial charge is 0.416 e. The van der Waals surface area contributed by atoms with Crippen LogP contribution in [-0.2, 0) is 6.18 Å². The minimum absolute atomic E-state index is 0. The van der Waals surface area contributed by atoms with E-state index in [2.05, 4.69) is 5.32 Å². The summed E-state index contributed by atoms with van der Waals surface area (Å²) >= 11 is 0. The minimum atomic E-state index is -4.26. The number of hydrogen-bond acceptors (Lipinski definition) is 1. The molecule has 1 unspecified atom stereocenters. The average Bonchev–Trinajstić information content (AvgIpc) is 2.17. The summed E-state index contributed by atoms with van der Waals surface area (Å²) in [5.41, 5.74) is 0.0661. The second kappa shape index (κ2) is 6.11. The highest BCUT2D eigenvalue weighted by Crippen LogP contribution is 2.30. The van der Waals surface area contributed by atoms with E-state index in [1.54, 1.807) is 6.07 Å². The Balaban J connectivity index is 0.00000225. The lowest BCUT2D eigenvalue weighted by atomic mass is 10.1. The van der Waals surface area contributed by atoms with Gasteiger partial charge in [-0.1, -0.05) is 19.1 Å². The quantitative estimate of drug-likeness (QED) is 0.864. The summed E-state index contributed by atoms with van der Waals surface area (Å²) in [6, 6.07) is 5.35. The molecule has 0 spiro atoms. The standard InChI is InChI=1S/C11H14F3N.ClH/c1-3-15-8(2)9-5-4-6-10(7-9)11(12,13)14;/h4-8,15H,3H2,1-2H3;1H. The molecule has 1 rings (SSSR count). The maximum absolute atomic E-state index is 12.4. The summed E-state index contributed by atoms with van der Waals surface area (Å²) in [5, 5.41) is 3.07. The van der Waals surface area contributed by atoms with Gasteiger partial charge in [0.2, 0.25) is 0 Å². The average molecular weight is 254 g/mol. The number of rotatable bonds is 3. The van der Waals surface area contributed by atoms with E-state index in [0.717, 1.165) is 12.6 Å². The van der Waals surface area contributed by atoms with Gasteiger partial charge in [0.05, 0.1) is 5.56 Å². The van der Waals surface area contributed by atoms with Crippen LogP contribution in [-0.4, -0.2) is 6.54 Å². The van der Waals surface area contributed by atoms with Gasteiger partial charge in [-0.05, 0) is 31.2 Å². The summed E-state index contributed by atoms with van der Waals surface area (Å²) in [6.07, 6.45) is -4.26. The summed E-state index contributed by atoms with van der Waals surface area (Å²) in [6.45, 7) is 4.50. The molecule has 1 nitrogen and oxygen atoms in total. The number of halogens is 4. The third-order valence-electron chi connectivity index (χ3n) is 2.22. The molecule has 0 radical (unpaired) electrons. The van der Waals surface area contributed by atoms with E-state index >= 15 is 0 Å². The van der Waals surface area contributed by atoms with Gasteiger partial charge in [0.25, 0.3) is 0 Å². The monoisotopic (exact) mass is 253 g/mol. The molecule has 1 atom stereocenters. The van der Waals surface area contributed by atoms with Crippen LogP contribution in [0.3, 0.4) is 0 Å². The number of benzene rings is 1. The van der Waals surface area contributed by atoms with Gasteiger partial charge in [0.15, 0.2) is 0 Å². The van der Waals surface area contributed by atoms with Crippen LogP contribution in [0, 0.1) is 0 Å². The van der Waals surface area contributed by atoms with Crippen LogP contribution in [0.1, 0.15) is 31.0 Å². The van der Waals surface area contributed by atoms with Crippen molar-refractivity contribution in [3.8, 4) is 0 Å². The fourth-order valence-electron chi connectivity index (χ4n) is 1.41. The number of alkyl halides is 3. The summed E-state index contributed by atoms with van der Waals surface area (Å²) in [5.74, 6) is 0. The lowest BCUT2D eigenvalue weighted by Gasteiger charge is -2.14. The van der Waals surface area contributed by atoms with Crippen molar-refractivity contribution in [1.82, 2.24) is 5.32 Å². The second-order valence-corrected chi connectivity index (χ2v) is 3.40. The van der Waals surface area contributed by atoms with Crippen LogP contribution in [0.4, 0.5) is 13.2 Å². The normalized spacial score (nSPS) is 13.1. The molecule has 92 valence electrons. The molecule has 0 saturated carbocycles. The fourth-order valence-corrected chi connectivity index (χ4v) is 1.41. The first kappa shape index (κ1) is 15.3. The first-order chi connectivity index (χ1) is 6.95. The zero-order valence-corrected chi connectivity index (χ0v) is 9.95. The van der Waals surface area contributed by atoms with Crippen molar-refractivity contribution in [2.24, 2.45) is 0 Å². The van der Waals surface area contributed by atoms with Gasteiger partial charge < -0.3 is 5.32 Å². The Morgan fingerprint density at radius 1 is 1.31 bits per heavy atom. The molecular weight excluding hydrogens is 239 g/mol. The first-order valence-electron chi connectivity index (χ1n) is 4.85. The maximum Gasteiger partial charge on any atom is 0.416 e. The zero-order valence-electron chi connectivity index (χ0n) is 9.14. The minimum Gasteiger partial charge on any atom is -0.310 e. The number of nitrogens with one attached hydrogen (secondary N) is 1. The molecular formula is C11H15ClF3N. The maximum atomic E-state index is 12.4. The number of hydrogen-bond donors (Lipinski definition) is 1. The Kier molecular flexibility index (Phi) is 5.83.